The molecule has 1 saturated heterocycles. The largest absolute Gasteiger partial charge is 0.466 e. The Morgan fingerprint density at radius 1 is 1.73 bits per heavy atom. The summed E-state index contributed by atoms with van der Waals surface area (Å²) in [5, 5.41) is 3.28. The van der Waals surface area contributed by atoms with Crippen molar-refractivity contribution in [3.8, 4) is 0 Å². The second-order valence-electron chi connectivity index (χ2n) is 3.21. The number of fused-ring (bicyclic) bond motifs is 1. The third kappa shape index (κ3) is 1.03. The van der Waals surface area contributed by atoms with Crippen molar-refractivity contribution in [2.75, 3.05) is 13.2 Å². The van der Waals surface area contributed by atoms with Crippen LogP contribution in [0.2, 0.25) is 0 Å². The van der Waals surface area contributed by atoms with Crippen LogP contribution >= 0.6 is 0 Å². The maximum absolute atomic E-state index is 11.2. The van der Waals surface area contributed by atoms with E-state index in [-0.39, 0.29) is 11.9 Å². The second kappa shape index (κ2) is 2.48. The van der Waals surface area contributed by atoms with E-state index in [1.165, 1.54) is 0 Å². The highest BCUT2D eigenvalue weighted by Gasteiger charge is 2.57. The van der Waals surface area contributed by atoms with E-state index in [1.807, 2.05) is 6.92 Å². The summed E-state index contributed by atoms with van der Waals surface area (Å²) in [6, 6.07) is 0.453. The summed E-state index contributed by atoms with van der Waals surface area (Å²) in [7, 11) is 0. The number of rotatable bonds is 2. The molecule has 1 aliphatic heterocycles. The van der Waals surface area contributed by atoms with E-state index in [4.69, 9.17) is 4.74 Å². The van der Waals surface area contributed by atoms with Crippen LogP contribution < -0.4 is 5.32 Å². The molecule has 1 aliphatic carbocycles. The molecule has 0 radical (unpaired) electrons. The highest BCUT2D eigenvalue weighted by Crippen LogP contribution is 2.45. The topological polar surface area (TPSA) is 38.3 Å². The Balaban J connectivity index is 1.85. The molecule has 0 spiro atoms. The summed E-state index contributed by atoms with van der Waals surface area (Å²) in [4.78, 5) is 11.2. The van der Waals surface area contributed by atoms with Crippen molar-refractivity contribution >= 4 is 5.97 Å². The van der Waals surface area contributed by atoms with Crippen molar-refractivity contribution in [3.05, 3.63) is 0 Å². The summed E-state index contributed by atoms with van der Waals surface area (Å²) in [6.45, 7) is 3.43. The molecule has 0 aromatic rings. The van der Waals surface area contributed by atoms with E-state index >= 15 is 0 Å². The quantitative estimate of drug-likeness (QED) is 0.577. The number of carbonyl (C=O) groups is 1. The number of piperidine rings is 1. The number of esters is 1. The molecule has 1 N–H and O–H groups in total. The zero-order valence-corrected chi connectivity index (χ0v) is 6.67. The van der Waals surface area contributed by atoms with Crippen LogP contribution in [-0.4, -0.2) is 25.2 Å². The van der Waals surface area contributed by atoms with Gasteiger partial charge < -0.3 is 10.1 Å². The Kier molecular flexibility index (Phi) is 1.60. The van der Waals surface area contributed by atoms with Crippen LogP contribution in [0.15, 0.2) is 0 Å². The van der Waals surface area contributed by atoms with Gasteiger partial charge in [-0.15, -0.1) is 0 Å². The Morgan fingerprint density at radius 2 is 2.55 bits per heavy atom. The van der Waals surface area contributed by atoms with Crippen molar-refractivity contribution in [3.63, 3.8) is 0 Å². The molecule has 0 amide bonds. The van der Waals surface area contributed by atoms with Gasteiger partial charge in [-0.25, -0.2) is 0 Å². The molecule has 0 aromatic carbocycles. The molecule has 3 atom stereocenters. The first kappa shape index (κ1) is 7.10. The van der Waals surface area contributed by atoms with E-state index < -0.39 is 0 Å². The number of ether oxygens (including phenoxy) is 1. The van der Waals surface area contributed by atoms with E-state index in [2.05, 4.69) is 5.32 Å². The predicted molar refractivity (Wildman–Crippen MR) is 40.0 cm³/mol. The molecule has 3 unspecified atom stereocenters. The minimum Gasteiger partial charge on any atom is -0.466 e. The van der Waals surface area contributed by atoms with Gasteiger partial charge in [-0.3, -0.25) is 4.79 Å². The molecule has 3 nitrogen and oxygen atoms in total. The van der Waals surface area contributed by atoms with Crippen LogP contribution in [0.1, 0.15) is 13.3 Å². The average molecular weight is 155 g/mol. The first-order valence-electron chi connectivity index (χ1n) is 4.24. The van der Waals surface area contributed by atoms with Gasteiger partial charge in [0.1, 0.15) is 0 Å². The van der Waals surface area contributed by atoms with Gasteiger partial charge in [0.2, 0.25) is 0 Å². The van der Waals surface area contributed by atoms with Gasteiger partial charge in [0.25, 0.3) is 0 Å². The van der Waals surface area contributed by atoms with Gasteiger partial charge in [0.05, 0.1) is 12.5 Å². The number of nitrogens with one attached hydrogen (secondary N) is 1. The van der Waals surface area contributed by atoms with Gasteiger partial charge in [-0.1, -0.05) is 0 Å². The van der Waals surface area contributed by atoms with Crippen molar-refractivity contribution in [1.29, 1.82) is 0 Å². The molecule has 2 aliphatic rings. The second-order valence-corrected chi connectivity index (χ2v) is 3.21. The van der Waals surface area contributed by atoms with E-state index in [0.29, 0.717) is 18.6 Å². The fraction of sp³-hybridized carbons (Fsp3) is 0.875. The van der Waals surface area contributed by atoms with E-state index in [1.54, 1.807) is 0 Å². The standard InChI is InChI=1S/C8H13NO2/c1-2-11-8(10)6-5-3-4-9-7(5)6/h5-7,9H,2-4H2,1H3. The summed E-state index contributed by atoms with van der Waals surface area (Å²) in [5.74, 6) is 0.771. The van der Waals surface area contributed by atoms with Crippen LogP contribution in [0.4, 0.5) is 0 Å². The molecule has 2 fully saturated rings. The maximum atomic E-state index is 11.2. The Labute approximate surface area is 66.1 Å². The minimum absolute atomic E-state index is 0.00491. The molecule has 1 saturated carbocycles. The van der Waals surface area contributed by atoms with Gasteiger partial charge in [-0.05, 0) is 25.8 Å². The lowest BCUT2D eigenvalue weighted by Gasteiger charge is -2.02. The highest BCUT2D eigenvalue weighted by molar-refractivity contribution is 5.77. The molecule has 62 valence electrons. The lowest BCUT2D eigenvalue weighted by molar-refractivity contribution is -0.145. The Bertz CT molecular complexity index is 171. The lowest BCUT2D eigenvalue weighted by atomic mass is 10.2. The summed E-state index contributed by atoms with van der Waals surface area (Å²) >= 11 is 0. The first-order valence-corrected chi connectivity index (χ1v) is 4.24. The summed E-state index contributed by atoms with van der Waals surface area (Å²) in [5.41, 5.74) is 0. The fourth-order valence-corrected chi connectivity index (χ4v) is 1.99. The third-order valence-electron chi connectivity index (χ3n) is 2.59. The smallest absolute Gasteiger partial charge is 0.310 e. The van der Waals surface area contributed by atoms with E-state index in [9.17, 15) is 4.79 Å². The van der Waals surface area contributed by atoms with E-state index in [0.717, 1.165) is 13.0 Å². The lowest BCUT2D eigenvalue weighted by Crippen LogP contribution is -2.20. The highest BCUT2D eigenvalue weighted by atomic mass is 16.5. The number of carbonyl (C=O) groups excluding carboxylic acids is 1. The number of hydrogen-bond donors (Lipinski definition) is 1. The van der Waals surface area contributed by atoms with Crippen molar-refractivity contribution < 1.29 is 9.53 Å². The molecule has 11 heavy (non-hydrogen) atoms. The predicted octanol–water partition coefficient (Wildman–Crippen LogP) is 0.157. The maximum Gasteiger partial charge on any atom is 0.310 e. The summed E-state index contributed by atoms with van der Waals surface area (Å²) < 4.78 is 4.92. The van der Waals surface area contributed by atoms with Crippen LogP contribution in [-0.2, 0) is 9.53 Å². The van der Waals surface area contributed by atoms with Crippen LogP contribution in [0, 0.1) is 11.8 Å². The Hall–Kier alpha value is -0.570. The molecular formula is C8H13NO2. The van der Waals surface area contributed by atoms with Gasteiger partial charge >= 0.3 is 5.97 Å². The van der Waals surface area contributed by atoms with Crippen molar-refractivity contribution in [2.24, 2.45) is 11.8 Å². The molecular weight excluding hydrogens is 142 g/mol. The normalized spacial score (nSPS) is 39.9. The monoisotopic (exact) mass is 155 g/mol. The van der Waals surface area contributed by atoms with Gasteiger partial charge in [-0.2, -0.15) is 0 Å². The van der Waals surface area contributed by atoms with Crippen LogP contribution in [0.5, 0.6) is 0 Å². The minimum atomic E-state index is -0.00491. The van der Waals surface area contributed by atoms with Crippen LogP contribution in [0.25, 0.3) is 0 Å². The van der Waals surface area contributed by atoms with Crippen molar-refractivity contribution in [2.45, 2.75) is 19.4 Å². The molecule has 0 aromatic heterocycles. The Morgan fingerprint density at radius 3 is 3.09 bits per heavy atom. The molecule has 3 heteroatoms. The molecule has 0 bridgehead atoms. The SMILES string of the molecule is CCOC(=O)C1C2CCNC21. The fourth-order valence-electron chi connectivity index (χ4n) is 1.99. The zero-order chi connectivity index (χ0) is 7.84. The first-order chi connectivity index (χ1) is 5.34. The molecule has 1 heterocycles. The summed E-state index contributed by atoms with van der Waals surface area (Å²) in [6.07, 6.45) is 1.15. The van der Waals surface area contributed by atoms with Crippen molar-refractivity contribution in [1.82, 2.24) is 5.32 Å². The van der Waals surface area contributed by atoms with Crippen LogP contribution in [0.3, 0.4) is 0 Å². The zero-order valence-electron chi connectivity index (χ0n) is 6.67. The van der Waals surface area contributed by atoms with Gasteiger partial charge in [0.15, 0.2) is 0 Å². The molecule has 2 rings (SSSR count). The third-order valence-corrected chi connectivity index (χ3v) is 2.59. The van der Waals surface area contributed by atoms with Gasteiger partial charge in [0, 0.05) is 6.04 Å². The number of hydrogen-bond acceptors (Lipinski definition) is 3. The average Bonchev–Trinajstić information content (AvgIpc) is 2.47.